The number of amides is 1. The van der Waals surface area contributed by atoms with Crippen molar-refractivity contribution in [2.75, 3.05) is 11.5 Å². The molecular weight excluding hydrogens is 294 g/mol. The van der Waals surface area contributed by atoms with Crippen molar-refractivity contribution in [3.8, 4) is 0 Å². The van der Waals surface area contributed by atoms with Crippen LogP contribution in [0.4, 0.5) is 0 Å². The van der Waals surface area contributed by atoms with Gasteiger partial charge < -0.3 is 9.73 Å². The summed E-state index contributed by atoms with van der Waals surface area (Å²) in [5, 5.41) is 2.92. The number of carbonyl (C=O) groups is 1. The summed E-state index contributed by atoms with van der Waals surface area (Å²) >= 11 is 3.17. The van der Waals surface area contributed by atoms with Crippen LogP contribution in [0.1, 0.15) is 23.2 Å². The van der Waals surface area contributed by atoms with E-state index in [0.29, 0.717) is 21.7 Å². The fraction of sp³-hybridized carbons (Fsp3) is 0.500. The summed E-state index contributed by atoms with van der Waals surface area (Å²) in [7, 11) is -0.696. The fourth-order valence-electron chi connectivity index (χ4n) is 1.66. The van der Waals surface area contributed by atoms with Crippen LogP contribution in [-0.4, -0.2) is 27.7 Å². The van der Waals surface area contributed by atoms with Crippen molar-refractivity contribution in [1.29, 1.82) is 0 Å². The Hall–Kier alpha value is -0.620. The van der Waals surface area contributed by atoms with Crippen molar-refractivity contribution < 1.29 is 13.4 Å². The molecule has 1 fully saturated rings. The molecule has 4 nitrogen and oxygen atoms in total. The maximum atomic E-state index is 11.8. The van der Waals surface area contributed by atoms with E-state index in [1.165, 1.54) is 6.26 Å². The summed E-state index contributed by atoms with van der Waals surface area (Å²) in [5.74, 6) is 1.22. The van der Waals surface area contributed by atoms with Crippen LogP contribution in [0.5, 0.6) is 0 Å². The minimum Gasteiger partial charge on any atom is -0.457 e. The van der Waals surface area contributed by atoms with Gasteiger partial charge in [0.1, 0.15) is 0 Å². The van der Waals surface area contributed by atoms with Crippen LogP contribution in [-0.2, 0) is 10.8 Å². The summed E-state index contributed by atoms with van der Waals surface area (Å²) in [6.07, 6.45) is 3.04. The Morgan fingerprint density at radius 1 is 1.50 bits per heavy atom. The van der Waals surface area contributed by atoms with Gasteiger partial charge in [-0.05, 0) is 34.8 Å². The molecule has 0 saturated carbocycles. The quantitative estimate of drug-likeness (QED) is 0.904. The molecule has 1 aromatic heterocycles. The van der Waals surface area contributed by atoms with Crippen LogP contribution in [0.25, 0.3) is 0 Å². The van der Waals surface area contributed by atoms with Gasteiger partial charge in [0.2, 0.25) is 0 Å². The maximum Gasteiger partial charge on any atom is 0.255 e. The first kappa shape index (κ1) is 11.9. The summed E-state index contributed by atoms with van der Waals surface area (Å²) < 4.78 is 16.6. The highest BCUT2D eigenvalue weighted by Crippen LogP contribution is 2.18. The summed E-state index contributed by atoms with van der Waals surface area (Å²) in [6.45, 7) is 0. The Balaban J connectivity index is 1.93. The normalized spacial score (nSPS) is 25.3. The first-order chi connectivity index (χ1) is 7.66. The number of furan rings is 1. The van der Waals surface area contributed by atoms with Crippen LogP contribution in [0.3, 0.4) is 0 Å². The van der Waals surface area contributed by atoms with Gasteiger partial charge in [0.15, 0.2) is 4.67 Å². The Labute approximate surface area is 104 Å². The second-order valence-electron chi connectivity index (χ2n) is 3.70. The number of hydrogen-bond donors (Lipinski definition) is 1. The first-order valence-corrected chi connectivity index (χ1v) is 7.34. The second-order valence-corrected chi connectivity index (χ2v) is 6.12. The largest absolute Gasteiger partial charge is 0.457 e. The van der Waals surface area contributed by atoms with Gasteiger partial charge in [0.05, 0.1) is 11.8 Å². The molecule has 0 radical (unpaired) electrons. The van der Waals surface area contributed by atoms with Gasteiger partial charge in [0, 0.05) is 28.3 Å². The topological polar surface area (TPSA) is 59.3 Å². The Kier molecular flexibility index (Phi) is 3.81. The molecule has 2 heterocycles. The van der Waals surface area contributed by atoms with E-state index < -0.39 is 10.8 Å². The van der Waals surface area contributed by atoms with Gasteiger partial charge in [0.25, 0.3) is 5.91 Å². The molecule has 16 heavy (non-hydrogen) atoms. The molecule has 0 unspecified atom stereocenters. The molecule has 2 rings (SSSR count). The van der Waals surface area contributed by atoms with Gasteiger partial charge in [-0.2, -0.15) is 0 Å². The lowest BCUT2D eigenvalue weighted by atomic mass is 10.1. The van der Waals surface area contributed by atoms with Gasteiger partial charge in [-0.1, -0.05) is 0 Å². The standard InChI is InChI=1S/C10H12BrNO3S/c11-9-8(1-4-15-9)10(13)12-7-2-5-16(14)6-3-7/h1,4,7H,2-3,5-6H2,(H,12,13). The zero-order valence-electron chi connectivity index (χ0n) is 8.57. The van der Waals surface area contributed by atoms with Crippen LogP contribution >= 0.6 is 15.9 Å². The number of carbonyl (C=O) groups excluding carboxylic acids is 1. The van der Waals surface area contributed by atoms with Crippen molar-refractivity contribution in [3.05, 3.63) is 22.6 Å². The molecule has 0 aromatic carbocycles. The zero-order chi connectivity index (χ0) is 11.5. The van der Waals surface area contributed by atoms with E-state index in [-0.39, 0.29) is 11.9 Å². The van der Waals surface area contributed by atoms with E-state index in [0.717, 1.165) is 12.8 Å². The molecule has 1 aromatic rings. The summed E-state index contributed by atoms with van der Waals surface area (Å²) in [4.78, 5) is 11.8. The van der Waals surface area contributed by atoms with E-state index in [9.17, 15) is 9.00 Å². The van der Waals surface area contributed by atoms with E-state index in [2.05, 4.69) is 21.2 Å². The monoisotopic (exact) mass is 305 g/mol. The molecule has 0 atom stereocenters. The minimum absolute atomic E-state index is 0.131. The lowest BCUT2D eigenvalue weighted by Gasteiger charge is -2.22. The predicted octanol–water partition coefficient (Wildman–Crippen LogP) is 1.68. The van der Waals surface area contributed by atoms with E-state index in [1.54, 1.807) is 6.07 Å². The second kappa shape index (κ2) is 5.14. The van der Waals surface area contributed by atoms with Crippen LogP contribution in [0.15, 0.2) is 21.4 Å². The van der Waals surface area contributed by atoms with Gasteiger partial charge >= 0.3 is 0 Å². The van der Waals surface area contributed by atoms with Gasteiger partial charge in [-0.25, -0.2) is 0 Å². The van der Waals surface area contributed by atoms with Crippen molar-refractivity contribution in [2.45, 2.75) is 18.9 Å². The van der Waals surface area contributed by atoms with Crippen LogP contribution < -0.4 is 5.32 Å². The Morgan fingerprint density at radius 3 is 2.75 bits per heavy atom. The molecular formula is C10H12BrNO3S. The van der Waals surface area contributed by atoms with Crippen LogP contribution in [0.2, 0.25) is 0 Å². The van der Waals surface area contributed by atoms with Crippen molar-refractivity contribution in [1.82, 2.24) is 5.32 Å². The van der Waals surface area contributed by atoms with E-state index in [1.807, 2.05) is 0 Å². The van der Waals surface area contributed by atoms with Crippen molar-refractivity contribution >= 4 is 32.6 Å². The average molecular weight is 306 g/mol. The third-order valence-corrected chi connectivity index (χ3v) is 4.58. The van der Waals surface area contributed by atoms with Crippen LogP contribution in [0, 0.1) is 0 Å². The van der Waals surface area contributed by atoms with E-state index >= 15 is 0 Å². The third-order valence-electron chi connectivity index (χ3n) is 2.59. The number of nitrogens with one attached hydrogen (secondary N) is 1. The highest BCUT2D eigenvalue weighted by Gasteiger charge is 2.21. The van der Waals surface area contributed by atoms with Crippen molar-refractivity contribution in [3.63, 3.8) is 0 Å². The number of hydrogen-bond acceptors (Lipinski definition) is 3. The lowest BCUT2D eigenvalue weighted by molar-refractivity contribution is 0.0933. The Bertz CT molecular complexity index is 408. The first-order valence-electron chi connectivity index (χ1n) is 5.05. The molecule has 1 amide bonds. The Morgan fingerprint density at radius 2 is 2.19 bits per heavy atom. The minimum atomic E-state index is -0.696. The molecule has 6 heteroatoms. The predicted molar refractivity (Wildman–Crippen MR) is 64.8 cm³/mol. The molecule has 1 aliphatic rings. The smallest absolute Gasteiger partial charge is 0.255 e. The third kappa shape index (κ3) is 2.74. The highest BCUT2D eigenvalue weighted by molar-refractivity contribution is 9.10. The average Bonchev–Trinajstić information content (AvgIpc) is 2.68. The fourth-order valence-corrected chi connectivity index (χ4v) is 3.38. The molecule has 0 spiro atoms. The molecule has 0 aliphatic carbocycles. The molecule has 1 aliphatic heterocycles. The lowest BCUT2D eigenvalue weighted by Crippen LogP contribution is -2.39. The SMILES string of the molecule is O=C(NC1CCS(=O)CC1)c1ccoc1Br. The van der Waals surface area contributed by atoms with E-state index in [4.69, 9.17) is 4.42 Å². The summed E-state index contributed by atoms with van der Waals surface area (Å²) in [6, 6.07) is 1.76. The number of halogens is 1. The zero-order valence-corrected chi connectivity index (χ0v) is 11.0. The summed E-state index contributed by atoms with van der Waals surface area (Å²) in [5.41, 5.74) is 0.506. The molecule has 1 N–H and O–H groups in total. The number of rotatable bonds is 2. The maximum absolute atomic E-state index is 11.8. The van der Waals surface area contributed by atoms with Gasteiger partial charge in [-0.3, -0.25) is 9.00 Å². The van der Waals surface area contributed by atoms with Gasteiger partial charge in [-0.15, -0.1) is 0 Å². The molecule has 88 valence electrons. The highest BCUT2D eigenvalue weighted by atomic mass is 79.9. The molecule has 1 saturated heterocycles. The molecule has 0 bridgehead atoms. The van der Waals surface area contributed by atoms with Crippen molar-refractivity contribution in [2.24, 2.45) is 0 Å².